The molecule has 4 aromatic rings. The molecule has 6 rings (SSSR count). The molecular formula is C31H33FN4O4. The highest BCUT2D eigenvalue weighted by molar-refractivity contribution is 5.89. The standard InChI is InChI=1S/C31H33FN4O4/c1-18-22(5-3-6-23(18)31(38)39)25-7-4-13-36-29(25)33-19(2)24(30(36)37)12-16-35-14-10-20(11-15-35)28-26-9-8-21(32)17-27(26)40-34-28/h3,5-6,8-9,17,20,25H,4,7,10-16H2,1-2H3,(H,38,39). The fourth-order valence-electron chi connectivity index (χ4n) is 6.56. The van der Waals surface area contributed by atoms with Crippen LogP contribution in [0.4, 0.5) is 4.39 Å². The molecule has 8 nitrogen and oxygen atoms in total. The number of fused-ring (bicyclic) bond motifs is 2. The Morgan fingerprint density at radius 2 is 1.93 bits per heavy atom. The number of nitrogens with zero attached hydrogens (tertiary/aromatic N) is 4. The summed E-state index contributed by atoms with van der Waals surface area (Å²) in [7, 11) is 0. The van der Waals surface area contributed by atoms with Gasteiger partial charge in [0.15, 0.2) is 5.58 Å². The van der Waals surface area contributed by atoms with Gasteiger partial charge in [-0.3, -0.25) is 9.36 Å². The van der Waals surface area contributed by atoms with Crippen LogP contribution in [0.2, 0.25) is 0 Å². The second-order valence-electron chi connectivity index (χ2n) is 11.1. The van der Waals surface area contributed by atoms with Crippen molar-refractivity contribution in [1.82, 2.24) is 19.6 Å². The Balaban J connectivity index is 1.16. The van der Waals surface area contributed by atoms with Crippen molar-refractivity contribution in [3.63, 3.8) is 0 Å². The van der Waals surface area contributed by atoms with E-state index in [1.807, 2.05) is 24.5 Å². The van der Waals surface area contributed by atoms with Crippen molar-refractivity contribution >= 4 is 16.9 Å². The van der Waals surface area contributed by atoms with E-state index in [-0.39, 0.29) is 23.2 Å². The molecule has 208 valence electrons. The van der Waals surface area contributed by atoms with Gasteiger partial charge in [-0.2, -0.15) is 0 Å². The summed E-state index contributed by atoms with van der Waals surface area (Å²) >= 11 is 0. The zero-order valence-corrected chi connectivity index (χ0v) is 22.8. The third kappa shape index (κ3) is 4.72. The number of hydrogen-bond acceptors (Lipinski definition) is 6. The number of rotatable bonds is 6. The van der Waals surface area contributed by atoms with Crippen LogP contribution in [0, 0.1) is 19.7 Å². The fourth-order valence-corrected chi connectivity index (χ4v) is 6.56. The van der Waals surface area contributed by atoms with Gasteiger partial charge in [0.1, 0.15) is 11.6 Å². The average molecular weight is 545 g/mol. The second-order valence-corrected chi connectivity index (χ2v) is 11.1. The summed E-state index contributed by atoms with van der Waals surface area (Å²) in [5, 5.41) is 14.7. The second kappa shape index (κ2) is 10.6. The summed E-state index contributed by atoms with van der Waals surface area (Å²) in [6.07, 6.45) is 4.16. The average Bonchev–Trinajstić information content (AvgIpc) is 3.36. The molecule has 1 fully saturated rings. The van der Waals surface area contributed by atoms with Crippen LogP contribution in [-0.2, 0) is 13.0 Å². The highest BCUT2D eigenvalue weighted by atomic mass is 19.1. The zero-order valence-electron chi connectivity index (χ0n) is 22.8. The van der Waals surface area contributed by atoms with Gasteiger partial charge < -0.3 is 14.5 Å². The SMILES string of the molecule is Cc1nc2n(c(=O)c1CCN1CCC(c3noc4cc(F)ccc34)CC1)CCCC2c1cccc(C(=O)O)c1C. The van der Waals surface area contributed by atoms with Gasteiger partial charge in [-0.05, 0) is 88.4 Å². The molecule has 2 aliphatic heterocycles. The maximum atomic E-state index is 13.7. The molecule has 1 unspecified atom stereocenters. The summed E-state index contributed by atoms with van der Waals surface area (Å²) in [5.74, 6) is -0.368. The maximum absolute atomic E-state index is 13.7. The Kier molecular flexibility index (Phi) is 7.00. The summed E-state index contributed by atoms with van der Waals surface area (Å²) in [4.78, 5) is 32.7. The van der Waals surface area contributed by atoms with E-state index >= 15 is 0 Å². The molecule has 1 N–H and O–H groups in total. The van der Waals surface area contributed by atoms with Crippen molar-refractivity contribution in [1.29, 1.82) is 0 Å². The Morgan fingerprint density at radius 1 is 1.12 bits per heavy atom. The van der Waals surface area contributed by atoms with Gasteiger partial charge in [0, 0.05) is 47.6 Å². The number of hydrogen-bond donors (Lipinski definition) is 1. The van der Waals surface area contributed by atoms with E-state index < -0.39 is 5.97 Å². The Labute approximate surface area is 231 Å². The van der Waals surface area contributed by atoms with Crippen LogP contribution in [-0.4, -0.2) is 50.3 Å². The monoisotopic (exact) mass is 544 g/mol. The molecule has 0 amide bonds. The van der Waals surface area contributed by atoms with Gasteiger partial charge in [-0.15, -0.1) is 0 Å². The Morgan fingerprint density at radius 3 is 2.70 bits per heavy atom. The lowest BCUT2D eigenvalue weighted by Crippen LogP contribution is -2.38. The predicted octanol–water partition coefficient (Wildman–Crippen LogP) is 5.19. The van der Waals surface area contributed by atoms with Crippen LogP contribution in [0.25, 0.3) is 11.0 Å². The molecule has 1 saturated heterocycles. The van der Waals surface area contributed by atoms with Crippen molar-refractivity contribution in [2.45, 2.75) is 64.3 Å². The normalized spacial score (nSPS) is 18.2. The third-order valence-corrected chi connectivity index (χ3v) is 8.78. The van der Waals surface area contributed by atoms with E-state index in [2.05, 4.69) is 10.1 Å². The topological polar surface area (TPSA) is 101 Å². The number of aromatic carboxylic acids is 1. The summed E-state index contributed by atoms with van der Waals surface area (Å²) in [6.45, 7) is 6.93. The molecule has 2 aromatic heterocycles. The molecule has 4 heterocycles. The van der Waals surface area contributed by atoms with Gasteiger partial charge >= 0.3 is 5.97 Å². The van der Waals surface area contributed by atoms with E-state index in [0.717, 1.165) is 84.6 Å². The smallest absolute Gasteiger partial charge is 0.335 e. The van der Waals surface area contributed by atoms with Crippen molar-refractivity contribution < 1.29 is 18.8 Å². The number of likely N-dealkylation sites (tertiary alicyclic amines) is 1. The minimum atomic E-state index is -0.944. The van der Waals surface area contributed by atoms with Crippen LogP contribution < -0.4 is 5.56 Å². The highest BCUT2D eigenvalue weighted by Crippen LogP contribution is 2.35. The number of carboxylic acids is 1. The van der Waals surface area contributed by atoms with Crippen molar-refractivity contribution in [3.05, 3.63) is 92.0 Å². The molecule has 1 atom stereocenters. The van der Waals surface area contributed by atoms with Gasteiger partial charge in [-0.1, -0.05) is 17.3 Å². The summed E-state index contributed by atoms with van der Waals surface area (Å²) < 4.78 is 20.7. The number of benzene rings is 2. The number of carboxylic acid groups (broad SMARTS) is 1. The van der Waals surface area contributed by atoms with Crippen molar-refractivity contribution in [2.75, 3.05) is 19.6 Å². The van der Waals surface area contributed by atoms with E-state index in [1.54, 1.807) is 18.2 Å². The lowest BCUT2D eigenvalue weighted by molar-refractivity contribution is 0.0696. The lowest BCUT2D eigenvalue weighted by Gasteiger charge is -2.31. The molecule has 2 aliphatic rings. The predicted molar refractivity (Wildman–Crippen MR) is 149 cm³/mol. The number of halogens is 1. The van der Waals surface area contributed by atoms with Crippen molar-refractivity contribution in [2.24, 2.45) is 0 Å². The van der Waals surface area contributed by atoms with Crippen LogP contribution in [0.5, 0.6) is 0 Å². The van der Waals surface area contributed by atoms with E-state index in [9.17, 15) is 19.1 Å². The summed E-state index contributed by atoms with van der Waals surface area (Å²) in [5.41, 5.74) is 4.88. The molecule has 0 spiro atoms. The maximum Gasteiger partial charge on any atom is 0.335 e. The molecule has 0 saturated carbocycles. The number of aryl methyl sites for hydroxylation is 1. The quantitative estimate of drug-likeness (QED) is 0.357. The fraction of sp³-hybridized carbons (Fsp3) is 0.419. The first-order chi connectivity index (χ1) is 19.3. The first kappa shape index (κ1) is 26.4. The van der Waals surface area contributed by atoms with E-state index in [4.69, 9.17) is 9.51 Å². The van der Waals surface area contributed by atoms with Gasteiger partial charge in [0.2, 0.25) is 0 Å². The van der Waals surface area contributed by atoms with E-state index in [0.29, 0.717) is 24.1 Å². The highest BCUT2D eigenvalue weighted by Gasteiger charge is 2.29. The number of carbonyl (C=O) groups is 1. The Bertz CT molecular complexity index is 1650. The lowest BCUT2D eigenvalue weighted by atomic mass is 9.86. The molecule has 40 heavy (non-hydrogen) atoms. The van der Waals surface area contributed by atoms with Gasteiger partial charge in [0.05, 0.1) is 11.3 Å². The number of piperidine rings is 1. The largest absolute Gasteiger partial charge is 0.478 e. The van der Waals surface area contributed by atoms with Gasteiger partial charge in [0.25, 0.3) is 5.56 Å². The minimum Gasteiger partial charge on any atom is -0.478 e. The van der Waals surface area contributed by atoms with Crippen LogP contribution >= 0.6 is 0 Å². The van der Waals surface area contributed by atoms with Crippen LogP contribution in [0.15, 0.2) is 45.7 Å². The Hall–Kier alpha value is -3.85. The van der Waals surface area contributed by atoms with Gasteiger partial charge in [-0.25, -0.2) is 14.2 Å². The van der Waals surface area contributed by atoms with E-state index in [1.165, 1.54) is 12.1 Å². The molecular weight excluding hydrogens is 511 g/mol. The first-order valence-corrected chi connectivity index (χ1v) is 14.0. The van der Waals surface area contributed by atoms with Crippen molar-refractivity contribution in [3.8, 4) is 0 Å². The summed E-state index contributed by atoms with van der Waals surface area (Å²) in [6, 6.07) is 9.93. The van der Waals surface area contributed by atoms with Crippen LogP contribution in [0.3, 0.4) is 0 Å². The minimum absolute atomic E-state index is 0.0235. The molecule has 0 radical (unpaired) electrons. The molecule has 0 bridgehead atoms. The zero-order chi connectivity index (χ0) is 28.0. The molecule has 0 aliphatic carbocycles. The number of aromatic nitrogens is 3. The molecule has 2 aromatic carbocycles. The van der Waals surface area contributed by atoms with Crippen LogP contribution in [0.1, 0.15) is 81.8 Å². The molecule has 9 heteroatoms. The first-order valence-electron chi connectivity index (χ1n) is 14.0. The third-order valence-electron chi connectivity index (χ3n) is 8.78.